The lowest BCUT2D eigenvalue weighted by molar-refractivity contribution is 0.199. The molecule has 17 heavy (non-hydrogen) atoms. The Bertz CT molecular complexity index is 364. The fourth-order valence-electron chi connectivity index (χ4n) is 2.19. The first-order valence-corrected chi connectivity index (χ1v) is 6.98. The van der Waals surface area contributed by atoms with Gasteiger partial charge >= 0.3 is 0 Å². The molecule has 0 aromatic heterocycles. The summed E-state index contributed by atoms with van der Waals surface area (Å²) in [7, 11) is 0. The molecule has 0 saturated carbocycles. The molecule has 2 rings (SSSR count). The SMILES string of the molecule is O=S(O)NC1CCN(Cc2ccccc2)CC1. The first-order chi connectivity index (χ1) is 8.24. The van der Waals surface area contributed by atoms with Gasteiger partial charge in [-0.25, -0.2) is 8.93 Å². The highest BCUT2D eigenvalue weighted by Gasteiger charge is 2.19. The molecule has 1 heterocycles. The van der Waals surface area contributed by atoms with Gasteiger partial charge in [0.25, 0.3) is 0 Å². The van der Waals surface area contributed by atoms with Crippen LogP contribution >= 0.6 is 0 Å². The van der Waals surface area contributed by atoms with Crippen LogP contribution in [0.4, 0.5) is 0 Å². The van der Waals surface area contributed by atoms with E-state index in [2.05, 4.69) is 33.9 Å². The van der Waals surface area contributed by atoms with Gasteiger partial charge in [-0.05, 0) is 18.4 Å². The van der Waals surface area contributed by atoms with Gasteiger partial charge in [0.15, 0.2) is 0 Å². The molecule has 94 valence electrons. The van der Waals surface area contributed by atoms with Crippen molar-refractivity contribution in [3.05, 3.63) is 35.9 Å². The molecule has 2 N–H and O–H groups in total. The van der Waals surface area contributed by atoms with E-state index in [1.807, 2.05) is 6.07 Å². The number of likely N-dealkylation sites (tertiary alicyclic amines) is 1. The van der Waals surface area contributed by atoms with E-state index in [4.69, 9.17) is 4.55 Å². The van der Waals surface area contributed by atoms with E-state index in [9.17, 15) is 4.21 Å². The van der Waals surface area contributed by atoms with Crippen molar-refractivity contribution >= 4 is 11.3 Å². The molecule has 1 atom stereocenters. The van der Waals surface area contributed by atoms with E-state index in [1.54, 1.807) is 0 Å². The van der Waals surface area contributed by atoms with Crippen molar-refractivity contribution in [3.8, 4) is 0 Å². The zero-order chi connectivity index (χ0) is 12.1. The van der Waals surface area contributed by atoms with Crippen LogP contribution in [-0.4, -0.2) is 32.8 Å². The number of rotatable bonds is 4. The van der Waals surface area contributed by atoms with Gasteiger partial charge in [0.1, 0.15) is 0 Å². The first-order valence-electron chi connectivity index (χ1n) is 5.87. The third-order valence-corrected chi connectivity index (χ3v) is 3.64. The molecule has 0 spiro atoms. The fraction of sp³-hybridized carbons (Fsp3) is 0.500. The van der Waals surface area contributed by atoms with Crippen LogP contribution in [0.25, 0.3) is 0 Å². The van der Waals surface area contributed by atoms with Crippen LogP contribution in [0.5, 0.6) is 0 Å². The maximum Gasteiger partial charge on any atom is 0.231 e. The van der Waals surface area contributed by atoms with E-state index in [0.29, 0.717) is 0 Å². The standard InChI is InChI=1S/C12H18N2O2S/c15-17(16)13-12-6-8-14(9-7-12)10-11-4-2-1-3-5-11/h1-5,12-13H,6-10H2,(H,15,16). The van der Waals surface area contributed by atoms with Crippen LogP contribution in [-0.2, 0) is 17.8 Å². The Morgan fingerprint density at radius 1 is 1.29 bits per heavy atom. The molecule has 1 saturated heterocycles. The van der Waals surface area contributed by atoms with Gasteiger partial charge in [0.05, 0.1) is 0 Å². The number of hydrogen-bond acceptors (Lipinski definition) is 2. The van der Waals surface area contributed by atoms with Crippen molar-refractivity contribution in [2.45, 2.75) is 25.4 Å². The maximum absolute atomic E-state index is 10.6. The van der Waals surface area contributed by atoms with Crippen LogP contribution in [0.2, 0.25) is 0 Å². The van der Waals surface area contributed by atoms with Crippen LogP contribution in [0, 0.1) is 0 Å². The number of nitrogens with one attached hydrogen (secondary N) is 1. The van der Waals surface area contributed by atoms with Crippen molar-refractivity contribution in [2.24, 2.45) is 0 Å². The molecule has 0 bridgehead atoms. The van der Waals surface area contributed by atoms with Crippen LogP contribution in [0.15, 0.2) is 30.3 Å². The van der Waals surface area contributed by atoms with E-state index in [1.165, 1.54) is 5.56 Å². The predicted molar refractivity (Wildman–Crippen MR) is 68.6 cm³/mol. The minimum absolute atomic E-state index is 0.174. The minimum atomic E-state index is -1.88. The van der Waals surface area contributed by atoms with Gasteiger partial charge in [0.2, 0.25) is 11.3 Å². The molecule has 1 aliphatic heterocycles. The summed E-state index contributed by atoms with van der Waals surface area (Å²) in [5.74, 6) is 0. The number of benzene rings is 1. The quantitative estimate of drug-likeness (QED) is 0.798. The van der Waals surface area contributed by atoms with Gasteiger partial charge < -0.3 is 0 Å². The average Bonchev–Trinajstić information content (AvgIpc) is 2.32. The van der Waals surface area contributed by atoms with Crippen molar-refractivity contribution in [1.29, 1.82) is 0 Å². The molecule has 4 nitrogen and oxygen atoms in total. The molecule has 1 unspecified atom stereocenters. The monoisotopic (exact) mass is 254 g/mol. The van der Waals surface area contributed by atoms with E-state index < -0.39 is 11.3 Å². The predicted octanol–water partition coefficient (Wildman–Crippen LogP) is 1.38. The third kappa shape index (κ3) is 4.20. The normalized spacial score (nSPS) is 20.3. The molecule has 1 fully saturated rings. The summed E-state index contributed by atoms with van der Waals surface area (Å²) in [5, 5.41) is 0. The Balaban J connectivity index is 1.78. The highest BCUT2D eigenvalue weighted by atomic mass is 32.2. The smallest absolute Gasteiger partial charge is 0.231 e. The van der Waals surface area contributed by atoms with E-state index in [0.717, 1.165) is 32.5 Å². The highest BCUT2D eigenvalue weighted by molar-refractivity contribution is 7.77. The summed E-state index contributed by atoms with van der Waals surface area (Å²) in [6.45, 7) is 2.92. The topological polar surface area (TPSA) is 52.6 Å². The van der Waals surface area contributed by atoms with Crippen LogP contribution < -0.4 is 4.72 Å². The lowest BCUT2D eigenvalue weighted by atomic mass is 10.1. The summed E-state index contributed by atoms with van der Waals surface area (Å²) in [4.78, 5) is 2.38. The largest absolute Gasteiger partial charge is 0.299 e. The molecule has 0 radical (unpaired) electrons. The van der Waals surface area contributed by atoms with Gasteiger partial charge in [0, 0.05) is 25.7 Å². The summed E-state index contributed by atoms with van der Waals surface area (Å²) < 4.78 is 22.0. The summed E-state index contributed by atoms with van der Waals surface area (Å²) in [5.41, 5.74) is 1.32. The van der Waals surface area contributed by atoms with Crippen molar-refractivity contribution < 1.29 is 8.76 Å². The zero-order valence-corrected chi connectivity index (χ0v) is 10.5. The molecular weight excluding hydrogens is 236 g/mol. The Hall–Kier alpha value is -0.750. The van der Waals surface area contributed by atoms with E-state index >= 15 is 0 Å². The number of nitrogens with zero attached hydrogens (tertiary/aromatic N) is 1. The second kappa shape index (κ2) is 6.26. The molecule has 0 aliphatic carbocycles. The fourth-order valence-corrected chi connectivity index (χ4v) is 2.71. The molecule has 1 aromatic carbocycles. The number of piperidine rings is 1. The van der Waals surface area contributed by atoms with Gasteiger partial charge in [-0.15, -0.1) is 0 Å². The molecule has 5 heteroatoms. The first kappa shape index (κ1) is 12.7. The summed E-state index contributed by atoms with van der Waals surface area (Å²) in [6.07, 6.45) is 1.86. The van der Waals surface area contributed by atoms with Crippen LogP contribution in [0.3, 0.4) is 0 Å². The molecule has 1 aliphatic rings. The zero-order valence-electron chi connectivity index (χ0n) is 9.71. The number of hydrogen-bond donors (Lipinski definition) is 2. The lowest BCUT2D eigenvalue weighted by Crippen LogP contribution is -2.42. The Kier molecular flexibility index (Phi) is 4.67. The lowest BCUT2D eigenvalue weighted by Gasteiger charge is -2.31. The molecular formula is C12H18N2O2S. The minimum Gasteiger partial charge on any atom is -0.299 e. The maximum atomic E-state index is 10.6. The van der Waals surface area contributed by atoms with Crippen molar-refractivity contribution in [2.75, 3.05) is 13.1 Å². The Morgan fingerprint density at radius 3 is 2.53 bits per heavy atom. The van der Waals surface area contributed by atoms with E-state index in [-0.39, 0.29) is 6.04 Å². The molecule has 0 amide bonds. The average molecular weight is 254 g/mol. The Labute approximate surface area is 104 Å². The van der Waals surface area contributed by atoms with Crippen molar-refractivity contribution in [3.63, 3.8) is 0 Å². The Morgan fingerprint density at radius 2 is 1.94 bits per heavy atom. The van der Waals surface area contributed by atoms with Crippen molar-refractivity contribution in [1.82, 2.24) is 9.62 Å². The van der Waals surface area contributed by atoms with Gasteiger partial charge in [-0.1, -0.05) is 30.3 Å². The second-order valence-corrected chi connectivity index (χ2v) is 5.14. The second-order valence-electron chi connectivity index (χ2n) is 4.40. The highest BCUT2D eigenvalue weighted by Crippen LogP contribution is 2.13. The summed E-state index contributed by atoms with van der Waals surface area (Å²) in [6, 6.07) is 10.6. The van der Waals surface area contributed by atoms with Gasteiger partial charge in [-0.3, -0.25) is 9.45 Å². The van der Waals surface area contributed by atoms with Crippen LogP contribution in [0.1, 0.15) is 18.4 Å². The van der Waals surface area contributed by atoms with Gasteiger partial charge in [-0.2, -0.15) is 0 Å². The molecule has 1 aromatic rings. The third-order valence-electron chi connectivity index (χ3n) is 3.10. The summed E-state index contributed by atoms with van der Waals surface area (Å²) >= 11 is -1.88.